The Labute approximate surface area is 173 Å². The van der Waals surface area contributed by atoms with Gasteiger partial charge in [-0.1, -0.05) is 42.7 Å². The molecule has 1 amide bonds. The molecule has 0 aromatic heterocycles. The Kier molecular flexibility index (Phi) is 9.00. The number of ether oxygens (including phenoxy) is 1. The van der Waals surface area contributed by atoms with Crippen molar-refractivity contribution < 1.29 is 19.7 Å². The Morgan fingerprint density at radius 1 is 1.17 bits per heavy atom. The Morgan fingerprint density at radius 3 is 2.72 bits per heavy atom. The van der Waals surface area contributed by atoms with Crippen LogP contribution in [0.1, 0.15) is 57.9 Å². The monoisotopic (exact) mass is 399 g/mol. The van der Waals surface area contributed by atoms with Crippen LogP contribution in [0.2, 0.25) is 0 Å². The fourth-order valence-corrected chi connectivity index (χ4v) is 3.34. The molecule has 158 valence electrons. The zero-order chi connectivity index (χ0) is 21.2. The van der Waals surface area contributed by atoms with E-state index in [1.165, 1.54) is 0 Å². The number of anilines is 1. The van der Waals surface area contributed by atoms with Gasteiger partial charge in [0.25, 0.3) is 5.91 Å². The van der Waals surface area contributed by atoms with Crippen LogP contribution in [-0.2, 0) is 11.2 Å². The largest absolute Gasteiger partial charge is 0.505 e. The predicted octanol–water partition coefficient (Wildman–Crippen LogP) is 5.05. The number of rotatable bonds is 1. The molecule has 2 rings (SSSR count). The molecular formula is C24H33NO4. The first-order chi connectivity index (χ1) is 13.9. The molecule has 1 aliphatic heterocycles. The molecule has 1 aromatic carbocycles. The molecular weight excluding hydrogens is 366 g/mol. The van der Waals surface area contributed by atoms with Crippen LogP contribution in [0.25, 0.3) is 0 Å². The van der Waals surface area contributed by atoms with E-state index in [0.29, 0.717) is 35.4 Å². The molecule has 5 heteroatoms. The Morgan fingerprint density at radius 2 is 1.97 bits per heavy atom. The lowest BCUT2D eigenvalue weighted by atomic mass is 10.0. The lowest BCUT2D eigenvalue weighted by molar-refractivity contribution is -0.112. The van der Waals surface area contributed by atoms with Crippen molar-refractivity contribution in [3.63, 3.8) is 0 Å². The van der Waals surface area contributed by atoms with Crippen molar-refractivity contribution in [1.29, 1.82) is 0 Å². The van der Waals surface area contributed by atoms with Crippen LogP contribution in [0.4, 0.5) is 5.69 Å². The smallest absolute Gasteiger partial charge is 0.251 e. The van der Waals surface area contributed by atoms with Gasteiger partial charge in [0.2, 0.25) is 0 Å². The van der Waals surface area contributed by atoms with Gasteiger partial charge in [-0.05, 0) is 51.7 Å². The van der Waals surface area contributed by atoms with Crippen molar-refractivity contribution in [3.8, 4) is 11.5 Å². The number of aliphatic hydroxyl groups is 1. The van der Waals surface area contributed by atoms with Gasteiger partial charge in [0, 0.05) is 17.6 Å². The maximum Gasteiger partial charge on any atom is 0.251 e. The number of phenols is 1. The number of carbonyl (C=O) groups is 1. The highest BCUT2D eigenvalue weighted by Crippen LogP contribution is 2.36. The van der Waals surface area contributed by atoms with Gasteiger partial charge < -0.3 is 20.3 Å². The molecule has 1 atom stereocenters. The summed E-state index contributed by atoms with van der Waals surface area (Å²) in [5, 5.41) is 23.6. The summed E-state index contributed by atoms with van der Waals surface area (Å²) in [5.74, 6) is 0.352. The number of methoxy groups -OCH3 is 1. The Bertz CT molecular complexity index is 792. The van der Waals surface area contributed by atoms with Crippen LogP contribution in [0.15, 0.2) is 47.6 Å². The molecule has 0 aliphatic carbocycles. The number of fused-ring (bicyclic) bond motifs is 2. The summed E-state index contributed by atoms with van der Waals surface area (Å²) in [5.41, 5.74) is 2.69. The van der Waals surface area contributed by atoms with E-state index in [0.717, 1.165) is 37.7 Å². The molecule has 1 aromatic rings. The molecule has 29 heavy (non-hydrogen) atoms. The molecule has 1 unspecified atom stereocenters. The molecule has 1 aliphatic rings. The Hall–Kier alpha value is -2.53. The summed E-state index contributed by atoms with van der Waals surface area (Å²) in [4.78, 5) is 12.5. The topological polar surface area (TPSA) is 78.8 Å². The number of allylic oxidation sites excluding steroid dienone is 4. The highest BCUT2D eigenvalue weighted by molar-refractivity contribution is 6.04. The van der Waals surface area contributed by atoms with Crippen LogP contribution in [0, 0.1) is 0 Å². The van der Waals surface area contributed by atoms with E-state index in [1.807, 2.05) is 13.0 Å². The second kappa shape index (κ2) is 11.5. The number of benzene rings is 1. The van der Waals surface area contributed by atoms with Crippen molar-refractivity contribution in [3.05, 3.63) is 53.1 Å². The summed E-state index contributed by atoms with van der Waals surface area (Å²) < 4.78 is 5.42. The fraction of sp³-hybridized carbons (Fsp3) is 0.458. The van der Waals surface area contributed by atoms with Crippen molar-refractivity contribution in [1.82, 2.24) is 0 Å². The number of hydrogen-bond acceptors (Lipinski definition) is 4. The second-order valence-corrected chi connectivity index (χ2v) is 7.63. The van der Waals surface area contributed by atoms with Gasteiger partial charge in [0.1, 0.15) is 11.5 Å². The van der Waals surface area contributed by atoms with Crippen LogP contribution in [-0.4, -0.2) is 29.3 Å². The van der Waals surface area contributed by atoms with Gasteiger partial charge in [-0.25, -0.2) is 0 Å². The van der Waals surface area contributed by atoms with Crippen molar-refractivity contribution in [2.75, 3.05) is 12.4 Å². The summed E-state index contributed by atoms with van der Waals surface area (Å²) in [6, 6.07) is 3.41. The highest BCUT2D eigenvalue weighted by Gasteiger charge is 2.16. The first kappa shape index (κ1) is 22.8. The highest BCUT2D eigenvalue weighted by atomic mass is 16.5. The van der Waals surface area contributed by atoms with E-state index in [4.69, 9.17) is 4.74 Å². The van der Waals surface area contributed by atoms with E-state index in [-0.39, 0.29) is 17.8 Å². The third kappa shape index (κ3) is 7.09. The van der Waals surface area contributed by atoms with Crippen molar-refractivity contribution in [2.24, 2.45) is 0 Å². The molecule has 0 fully saturated rings. The lowest BCUT2D eigenvalue weighted by Crippen LogP contribution is -2.13. The maximum absolute atomic E-state index is 12.5. The first-order valence-corrected chi connectivity index (χ1v) is 10.3. The zero-order valence-corrected chi connectivity index (χ0v) is 17.7. The molecule has 3 N–H and O–H groups in total. The van der Waals surface area contributed by atoms with Crippen LogP contribution >= 0.6 is 0 Å². The summed E-state index contributed by atoms with van der Waals surface area (Å²) >= 11 is 0. The molecule has 5 nitrogen and oxygen atoms in total. The van der Waals surface area contributed by atoms with Gasteiger partial charge in [-0.15, -0.1) is 0 Å². The van der Waals surface area contributed by atoms with E-state index >= 15 is 0 Å². The van der Waals surface area contributed by atoms with Gasteiger partial charge in [0.05, 0.1) is 18.9 Å². The number of aliphatic hydroxyl groups excluding tert-OH is 1. The molecule has 2 bridgehead atoms. The predicted molar refractivity (Wildman–Crippen MR) is 117 cm³/mol. The van der Waals surface area contributed by atoms with Crippen LogP contribution in [0.5, 0.6) is 11.5 Å². The van der Waals surface area contributed by atoms with E-state index in [1.54, 1.807) is 38.3 Å². The Balaban J connectivity index is 2.31. The number of amides is 1. The van der Waals surface area contributed by atoms with Crippen molar-refractivity contribution in [2.45, 2.75) is 64.9 Å². The summed E-state index contributed by atoms with van der Waals surface area (Å²) in [6.07, 6.45) is 13.2. The molecule has 0 radical (unpaired) electrons. The molecule has 0 saturated carbocycles. The van der Waals surface area contributed by atoms with Gasteiger partial charge in [-0.3, -0.25) is 4.79 Å². The average Bonchev–Trinajstić information content (AvgIpc) is 2.70. The van der Waals surface area contributed by atoms with Crippen molar-refractivity contribution >= 4 is 11.6 Å². The van der Waals surface area contributed by atoms with E-state index in [2.05, 4.69) is 11.4 Å². The average molecular weight is 400 g/mol. The molecule has 0 saturated heterocycles. The number of carbonyl (C=O) groups excluding carboxylic acids is 1. The van der Waals surface area contributed by atoms with Crippen LogP contribution in [0.3, 0.4) is 0 Å². The summed E-state index contributed by atoms with van der Waals surface area (Å²) in [6.45, 7) is 3.75. The molecule has 0 spiro atoms. The van der Waals surface area contributed by atoms with Gasteiger partial charge in [-0.2, -0.15) is 0 Å². The lowest BCUT2D eigenvalue weighted by Gasteiger charge is -2.15. The SMILES string of the molecule is COc1ccc2c(O)c1C/C(C)=C/CCCCCC(O)C/C=C\C=C(/C)C(=O)N2. The van der Waals surface area contributed by atoms with Gasteiger partial charge in [0.15, 0.2) is 0 Å². The minimum Gasteiger partial charge on any atom is -0.505 e. The first-order valence-electron chi connectivity index (χ1n) is 10.3. The fourth-order valence-electron chi connectivity index (χ4n) is 3.34. The normalized spacial score (nSPS) is 24.6. The quantitative estimate of drug-likeness (QED) is 0.456. The third-order valence-electron chi connectivity index (χ3n) is 5.15. The number of phenolic OH excluding ortho intramolecular Hbond substituents is 1. The minimum atomic E-state index is -0.348. The number of nitrogens with one attached hydrogen (secondary N) is 1. The van der Waals surface area contributed by atoms with E-state index in [9.17, 15) is 15.0 Å². The maximum atomic E-state index is 12.5. The van der Waals surface area contributed by atoms with Crippen LogP contribution < -0.4 is 10.1 Å². The summed E-state index contributed by atoms with van der Waals surface area (Å²) in [7, 11) is 1.57. The second-order valence-electron chi connectivity index (χ2n) is 7.63. The number of aromatic hydroxyl groups is 1. The number of hydrogen-bond donors (Lipinski definition) is 3. The zero-order valence-electron chi connectivity index (χ0n) is 17.7. The van der Waals surface area contributed by atoms with E-state index < -0.39 is 0 Å². The minimum absolute atomic E-state index is 0.0369. The van der Waals surface area contributed by atoms with Gasteiger partial charge >= 0.3 is 0 Å². The molecule has 1 heterocycles. The standard InChI is InChI=1S/C24H33NO4/c1-17-10-6-4-5-7-12-19(26)13-9-8-11-18(2)24(28)25-21-14-15-22(29-3)20(16-17)23(21)27/h8-11,14-15,19,26-27H,4-7,12-13,16H2,1-3H3,(H,25,28)/b9-8-,17-10+,18-11+. The third-order valence-corrected chi connectivity index (χ3v) is 5.15.